The quantitative estimate of drug-likeness (QED) is 0.912. The van der Waals surface area contributed by atoms with E-state index in [9.17, 15) is 12.8 Å². The van der Waals surface area contributed by atoms with Crippen molar-refractivity contribution in [3.05, 3.63) is 29.6 Å². The molecule has 1 aliphatic carbocycles. The van der Waals surface area contributed by atoms with Crippen LogP contribution >= 0.6 is 0 Å². The Morgan fingerprint density at radius 2 is 2.05 bits per heavy atom. The van der Waals surface area contributed by atoms with Crippen molar-refractivity contribution in [1.29, 1.82) is 0 Å². The van der Waals surface area contributed by atoms with E-state index in [4.69, 9.17) is 10.5 Å². The summed E-state index contributed by atoms with van der Waals surface area (Å²) >= 11 is 0. The Hall–Kier alpha value is -0.980. The fraction of sp³-hybridized carbons (Fsp3) is 0.571. The van der Waals surface area contributed by atoms with Gasteiger partial charge in [-0.1, -0.05) is 12.5 Å². The van der Waals surface area contributed by atoms with Crippen molar-refractivity contribution in [3.63, 3.8) is 0 Å². The van der Waals surface area contributed by atoms with Crippen molar-refractivity contribution in [2.45, 2.75) is 34.8 Å². The van der Waals surface area contributed by atoms with Crippen molar-refractivity contribution >= 4 is 9.84 Å². The Bertz CT molecular complexity index is 616. The lowest BCUT2D eigenvalue weighted by Gasteiger charge is -2.41. The van der Waals surface area contributed by atoms with E-state index in [1.165, 1.54) is 12.1 Å². The summed E-state index contributed by atoms with van der Waals surface area (Å²) in [4.78, 5) is -0.221. The summed E-state index contributed by atoms with van der Waals surface area (Å²) in [6.07, 6.45) is 2.95. The molecule has 0 atom stereocenters. The zero-order chi connectivity index (χ0) is 14.4. The average Bonchev–Trinajstić information content (AvgIpc) is 2.24. The van der Waals surface area contributed by atoms with E-state index in [1.807, 2.05) is 0 Å². The summed E-state index contributed by atoms with van der Waals surface area (Å²) < 4.78 is 43.5. The lowest BCUT2D eigenvalue weighted by molar-refractivity contribution is 0.0415. The third-order valence-electron chi connectivity index (χ3n) is 4.60. The van der Waals surface area contributed by atoms with E-state index in [1.54, 1.807) is 6.07 Å². The molecule has 0 unspecified atom stereocenters. The van der Waals surface area contributed by atoms with Gasteiger partial charge < -0.3 is 10.5 Å². The van der Waals surface area contributed by atoms with Gasteiger partial charge in [-0.3, -0.25) is 0 Å². The van der Waals surface area contributed by atoms with Gasteiger partial charge in [0, 0.05) is 12.0 Å². The van der Waals surface area contributed by atoms with Crippen LogP contribution in [0.25, 0.3) is 0 Å². The molecule has 2 aliphatic rings. The summed E-state index contributed by atoms with van der Waals surface area (Å²) in [6.45, 7) is 0.765. The zero-order valence-electron chi connectivity index (χ0n) is 11.1. The molecule has 6 heteroatoms. The Balaban J connectivity index is 1.96. The van der Waals surface area contributed by atoms with Gasteiger partial charge in [0.15, 0.2) is 9.84 Å². The minimum atomic E-state index is -3.62. The molecular weight excluding hydrogens is 281 g/mol. The van der Waals surface area contributed by atoms with Crippen LogP contribution in [0.2, 0.25) is 0 Å². The zero-order valence-corrected chi connectivity index (χ0v) is 12.0. The number of nitrogens with two attached hydrogens (primary N) is 1. The van der Waals surface area contributed by atoms with Gasteiger partial charge in [-0.2, -0.15) is 0 Å². The summed E-state index contributed by atoms with van der Waals surface area (Å²) in [5, 5.41) is -0.616. The third-order valence-corrected chi connectivity index (χ3v) is 6.69. The second-order valence-corrected chi connectivity index (χ2v) is 7.88. The number of ether oxygens (including phenoxy) is 1. The van der Waals surface area contributed by atoms with E-state index in [0.29, 0.717) is 6.54 Å². The normalized spacial score (nSPS) is 22.1. The smallest absolute Gasteiger partial charge is 0.188 e. The first-order valence-electron chi connectivity index (χ1n) is 6.81. The van der Waals surface area contributed by atoms with Gasteiger partial charge in [-0.15, -0.1) is 0 Å². The van der Waals surface area contributed by atoms with Crippen LogP contribution in [0, 0.1) is 5.82 Å². The van der Waals surface area contributed by atoms with Crippen LogP contribution in [0.5, 0.6) is 0 Å². The number of hydrogen-bond donors (Lipinski definition) is 1. The van der Waals surface area contributed by atoms with Crippen molar-refractivity contribution in [2.75, 3.05) is 19.8 Å². The van der Waals surface area contributed by atoms with Crippen LogP contribution in [0.15, 0.2) is 23.1 Å². The molecule has 0 bridgehead atoms. The average molecular weight is 299 g/mol. The molecule has 4 nitrogen and oxygen atoms in total. The van der Waals surface area contributed by atoms with Gasteiger partial charge in [0.1, 0.15) is 16.0 Å². The molecular formula is C14H18FNO3S. The highest BCUT2D eigenvalue weighted by atomic mass is 32.2. The van der Waals surface area contributed by atoms with Crippen molar-refractivity contribution in [1.82, 2.24) is 0 Å². The lowest BCUT2D eigenvalue weighted by atomic mass is 9.64. The first kappa shape index (κ1) is 14.0. The predicted octanol–water partition coefficient (Wildman–Crippen LogP) is 1.38. The number of benzene rings is 1. The molecule has 3 rings (SSSR count). The van der Waals surface area contributed by atoms with Gasteiger partial charge >= 0.3 is 0 Å². The molecule has 2 fully saturated rings. The van der Waals surface area contributed by atoms with E-state index >= 15 is 0 Å². The maximum Gasteiger partial charge on any atom is 0.188 e. The molecule has 110 valence electrons. The first-order chi connectivity index (χ1) is 9.49. The molecule has 1 saturated heterocycles. The standard InChI is InChI=1S/C14H18FNO3S/c15-12-6-10(14(9-16)4-1-5-14)2-3-13(12)20(17,18)11-7-19-8-11/h2-3,6,11H,1,4-5,7-9,16H2. The monoisotopic (exact) mass is 299 g/mol. The highest BCUT2D eigenvalue weighted by Crippen LogP contribution is 2.43. The Morgan fingerprint density at radius 1 is 1.35 bits per heavy atom. The maximum absolute atomic E-state index is 14.2. The molecule has 0 aromatic heterocycles. The van der Waals surface area contributed by atoms with Gasteiger partial charge in [0.2, 0.25) is 0 Å². The van der Waals surface area contributed by atoms with E-state index < -0.39 is 20.9 Å². The van der Waals surface area contributed by atoms with Crippen LogP contribution in [-0.4, -0.2) is 33.4 Å². The minimum absolute atomic E-state index is 0.149. The third kappa shape index (κ3) is 1.98. The topological polar surface area (TPSA) is 69.4 Å². The van der Waals surface area contributed by atoms with Crippen LogP contribution in [-0.2, 0) is 20.0 Å². The van der Waals surface area contributed by atoms with Crippen LogP contribution in [0.3, 0.4) is 0 Å². The molecule has 0 amide bonds. The van der Waals surface area contributed by atoms with E-state index in [0.717, 1.165) is 24.8 Å². The van der Waals surface area contributed by atoms with Crippen molar-refractivity contribution in [3.8, 4) is 0 Å². The molecule has 0 spiro atoms. The second-order valence-electron chi connectivity index (χ2n) is 5.69. The van der Waals surface area contributed by atoms with Gasteiger partial charge in [0.25, 0.3) is 0 Å². The van der Waals surface area contributed by atoms with Crippen LogP contribution in [0.1, 0.15) is 24.8 Å². The molecule has 0 radical (unpaired) electrons. The fourth-order valence-corrected chi connectivity index (χ4v) is 4.35. The molecule has 2 N–H and O–H groups in total. The molecule has 1 saturated carbocycles. The van der Waals surface area contributed by atoms with Gasteiger partial charge in [-0.25, -0.2) is 12.8 Å². The largest absolute Gasteiger partial charge is 0.379 e. The number of hydrogen-bond acceptors (Lipinski definition) is 4. The Kier molecular flexibility index (Phi) is 3.35. The van der Waals surface area contributed by atoms with E-state index in [-0.39, 0.29) is 23.5 Å². The van der Waals surface area contributed by atoms with Gasteiger partial charge in [0.05, 0.1) is 13.2 Å². The molecule has 1 aromatic rings. The highest BCUT2D eigenvalue weighted by molar-refractivity contribution is 7.92. The summed E-state index contributed by atoms with van der Waals surface area (Å²) in [7, 11) is -3.62. The maximum atomic E-state index is 14.2. The highest BCUT2D eigenvalue weighted by Gasteiger charge is 2.39. The van der Waals surface area contributed by atoms with Gasteiger partial charge in [-0.05, 0) is 30.5 Å². The fourth-order valence-electron chi connectivity index (χ4n) is 2.85. The lowest BCUT2D eigenvalue weighted by Crippen LogP contribution is -2.42. The minimum Gasteiger partial charge on any atom is -0.379 e. The van der Waals surface area contributed by atoms with Crippen molar-refractivity contribution < 1.29 is 17.5 Å². The Labute approximate surface area is 118 Å². The van der Waals surface area contributed by atoms with Crippen LogP contribution < -0.4 is 5.73 Å². The first-order valence-corrected chi connectivity index (χ1v) is 8.36. The predicted molar refractivity (Wildman–Crippen MR) is 72.8 cm³/mol. The SMILES string of the molecule is NCC1(c2ccc(S(=O)(=O)C3COC3)c(F)c2)CCC1. The number of halogens is 1. The molecule has 20 heavy (non-hydrogen) atoms. The Morgan fingerprint density at radius 3 is 2.45 bits per heavy atom. The molecule has 1 aliphatic heterocycles. The summed E-state index contributed by atoms with van der Waals surface area (Å²) in [6, 6.07) is 4.44. The number of rotatable bonds is 4. The summed E-state index contributed by atoms with van der Waals surface area (Å²) in [5.74, 6) is -0.672. The summed E-state index contributed by atoms with van der Waals surface area (Å²) in [5.41, 5.74) is 6.44. The van der Waals surface area contributed by atoms with E-state index in [2.05, 4.69) is 0 Å². The number of sulfone groups is 1. The van der Waals surface area contributed by atoms with Crippen molar-refractivity contribution in [2.24, 2.45) is 5.73 Å². The second kappa shape index (κ2) is 4.79. The molecule has 1 aromatic carbocycles. The van der Waals surface area contributed by atoms with Crippen LogP contribution in [0.4, 0.5) is 4.39 Å². The molecule has 1 heterocycles.